The van der Waals surface area contributed by atoms with Gasteiger partial charge >= 0.3 is 0 Å². The van der Waals surface area contributed by atoms with Crippen LogP contribution in [-0.4, -0.2) is 37.0 Å². The topological polar surface area (TPSA) is 41.1 Å². The lowest BCUT2D eigenvalue weighted by molar-refractivity contribution is -0.122. The first kappa shape index (κ1) is 16.1. The van der Waals surface area contributed by atoms with Crippen LogP contribution in [0.3, 0.4) is 0 Å². The summed E-state index contributed by atoms with van der Waals surface area (Å²) in [6, 6.07) is 0.416. The summed E-state index contributed by atoms with van der Waals surface area (Å²) in [5.41, 5.74) is 0. The summed E-state index contributed by atoms with van der Waals surface area (Å²) >= 11 is 1.85. The van der Waals surface area contributed by atoms with Crippen molar-refractivity contribution in [2.24, 2.45) is 0 Å². The molecule has 5 heteroatoms. The van der Waals surface area contributed by atoms with Crippen molar-refractivity contribution in [1.29, 1.82) is 0 Å². The minimum atomic E-state index is 0. The second-order valence-electron chi connectivity index (χ2n) is 4.04. The minimum absolute atomic E-state index is 0. The summed E-state index contributed by atoms with van der Waals surface area (Å²) in [6.07, 6.45) is 7.14. The van der Waals surface area contributed by atoms with Crippen molar-refractivity contribution < 1.29 is 4.79 Å². The van der Waals surface area contributed by atoms with Gasteiger partial charge < -0.3 is 10.6 Å². The molecule has 0 spiro atoms. The molecule has 1 rings (SSSR count). The lowest BCUT2D eigenvalue weighted by atomic mass is 10.1. The third kappa shape index (κ3) is 7.36. The van der Waals surface area contributed by atoms with Gasteiger partial charge in [0, 0.05) is 12.5 Å². The fourth-order valence-corrected chi connectivity index (χ4v) is 2.29. The van der Waals surface area contributed by atoms with E-state index in [1.165, 1.54) is 5.75 Å². The van der Waals surface area contributed by atoms with Crippen LogP contribution < -0.4 is 10.6 Å². The third-order valence-corrected chi connectivity index (χ3v) is 3.40. The quantitative estimate of drug-likeness (QED) is 0.721. The van der Waals surface area contributed by atoms with E-state index in [0.717, 1.165) is 38.8 Å². The summed E-state index contributed by atoms with van der Waals surface area (Å²) in [5.74, 6) is 1.41. The Morgan fingerprint density at radius 1 is 1.38 bits per heavy atom. The molecule has 0 aromatic carbocycles. The molecule has 3 nitrogen and oxygen atoms in total. The number of carbonyl (C=O) groups excluding carboxylic acids is 1. The predicted molar refractivity (Wildman–Crippen MR) is 73.5 cm³/mol. The number of thioether (sulfide) groups is 1. The van der Waals surface area contributed by atoms with Gasteiger partial charge in [0.2, 0.25) is 5.91 Å². The highest BCUT2D eigenvalue weighted by Gasteiger charge is 2.14. The van der Waals surface area contributed by atoms with Crippen LogP contribution in [0.2, 0.25) is 0 Å². The van der Waals surface area contributed by atoms with E-state index in [2.05, 4.69) is 16.9 Å². The van der Waals surface area contributed by atoms with E-state index in [4.69, 9.17) is 0 Å². The Bertz CT molecular complexity index is 187. The summed E-state index contributed by atoms with van der Waals surface area (Å²) in [5, 5.41) is 6.40. The maximum Gasteiger partial charge on any atom is 0.220 e. The second-order valence-corrected chi connectivity index (χ2v) is 5.03. The van der Waals surface area contributed by atoms with E-state index in [1.54, 1.807) is 0 Å². The second kappa shape index (κ2) is 10.2. The van der Waals surface area contributed by atoms with Gasteiger partial charge in [-0.05, 0) is 50.8 Å². The third-order valence-electron chi connectivity index (χ3n) is 2.71. The standard InChI is InChI=1S/C11H22N2OS.ClH/c1-15-9-3-2-4-11(14)13-10-5-7-12-8-6-10;/h10,12H,2-9H2,1H3,(H,13,14);1H. The molecule has 16 heavy (non-hydrogen) atoms. The average Bonchev–Trinajstić information content (AvgIpc) is 2.26. The summed E-state index contributed by atoms with van der Waals surface area (Å²) < 4.78 is 0. The van der Waals surface area contributed by atoms with Crippen LogP contribution in [0.4, 0.5) is 0 Å². The molecule has 0 bridgehead atoms. The molecule has 1 saturated heterocycles. The highest BCUT2D eigenvalue weighted by molar-refractivity contribution is 7.98. The van der Waals surface area contributed by atoms with Crippen molar-refractivity contribution in [1.82, 2.24) is 10.6 Å². The fraction of sp³-hybridized carbons (Fsp3) is 0.909. The Balaban J connectivity index is 0.00000225. The van der Waals surface area contributed by atoms with Crippen molar-refractivity contribution in [3.63, 3.8) is 0 Å². The van der Waals surface area contributed by atoms with Crippen molar-refractivity contribution >= 4 is 30.1 Å². The Morgan fingerprint density at radius 2 is 2.06 bits per heavy atom. The van der Waals surface area contributed by atoms with Crippen molar-refractivity contribution in [3.8, 4) is 0 Å². The highest BCUT2D eigenvalue weighted by atomic mass is 35.5. The zero-order valence-corrected chi connectivity index (χ0v) is 11.6. The maximum absolute atomic E-state index is 11.5. The first-order valence-corrected chi connectivity index (χ1v) is 7.21. The minimum Gasteiger partial charge on any atom is -0.353 e. The van der Waals surface area contributed by atoms with Crippen LogP contribution in [0.15, 0.2) is 0 Å². The summed E-state index contributed by atoms with van der Waals surface area (Å²) in [7, 11) is 0. The largest absolute Gasteiger partial charge is 0.353 e. The lowest BCUT2D eigenvalue weighted by Gasteiger charge is -2.23. The monoisotopic (exact) mass is 266 g/mol. The fourth-order valence-electron chi connectivity index (χ4n) is 1.80. The Morgan fingerprint density at radius 3 is 2.69 bits per heavy atom. The van der Waals surface area contributed by atoms with Crippen LogP contribution in [0.25, 0.3) is 0 Å². The molecular weight excluding hydrogens is 244 g/mol. The molecule has 2 N–H and O–H groups in total. The van der Waals surface area contributed by atoms with Gasteiger partial charge in [-0.25, -0.2) is 0 Å². The molecule has 1 fully saturated rings. The molecule has 0 radical (unpaired) electrons. The van der Waals surface area contributed by atoms with Gasteiger partial charge in [-0.1, -0.05) is 0 Å². The molecule has 1 aliphatic rings. The number of rotatable bonds is 6. The molecule has 1 aliphatic heterocycles. The SMILES string of the molecule is CSCCCCC(=O)NC1CCNCC1.Cl. The number of nitrogens with one attached hydrogen (secondary N) is 2. The highest BCUT2D eigenvalue weighted by Crippen LogP contribution is 2.05. The van der Waals surface area contributed by atoms with E-state index in [-0.39, 0.29) is 18.3 Å². The number of carbonyl (C=O) groups is 1. The number of hydrogen-bond acceptors (Lipinski definition) is 3. The molecule has 0 aromatic heterocycles. The predicted octanol–water partition coefficient (Wildman–Crippen LogP) is 1.81. The summed E-state index contributed by atoms with van der Waals surface area (Å²) in [6.45, 7) is 2.08. The van der Waals surface area contributed by atoms with Crippen LogP contribution in [0.1, 0.15) is 32.1 Å². The average molecular weight is 267 g/mol. The van der Waals surface area contributed by atoms with Gasteiger partial charge in [0.05, 0.1) is 0 Å². The van der Waals surface area contributed by atoms with E-state index >= 15 is 0 Å². The smallest absolute Gasteiger partial charge is 0.220 e. The van der Waals surface area contributed by atoms with Gasteiger partial charge in [0.1, 0.15) is 0 Å². The van der Waals surface area contributed by atoms with Gasteiger partial charge in [-0.2, -0.15) is 11.8 Å². The zero-order valence-electron chi connectivity index (χ0n) is 9.96. The molecule has 96 valence electrons. The maximum atomic E-state index is 11.5. The van der Waals surface area contributed by atoms with E-state index in [9.17, 15) is 4.79 Å². The molecule has 1 heterocycles. The number of amides is 1. The Kier molecular flexibility index (Phi) is 10.3. The molecule has 1 amide bonds. The first-order chi connectivity index (χ1) is 7.33. The van der Waals surface area contributed by atoms with E-state index < -0.39 is 0 Å². The number of unbranched alkanes of at least 4 members (excludes halogenated alkanes) is 1. The van der Waals surface area contributed by atoms with Gasteiger partial charge in [-0.3, -0.25) is 4.79 Å². The normalized spacial score (nSPS) is 16.6. The molecule has 0 aromatic rings. The summed E-state index contributed by atoms with van der Waals surface area (Å²) in [4.78, 5) is 11.5. The van der Waals surface area contributed by atoms with Gasteiger partial charge in [0.15, 0.2) is 0 Å². The molecule has 0 aliphatic carbocycles. The van der Waals surface area contributed by atoms with Crippen LogP contribution in [0, 0.1) is 0 Å². The van der Waals surface area contributed by atoms with Crippen LogP contribution in [0.5, 0.6) is 0 Å². The van der Waals surface area contributed by atoms with Gasteiger partial charge in [-0.15, -0.1) is 12.4 Å². The van der Waals surface area contributed by atoms with Crippen LogP contribution in [-0.2, 0) is 4.79 Å². The van der Waals surface area contributed by atoms with Crippen molar-refractivity contribution in [2.45, 2.75) is 38.1 Å². The van der Waals surface area contributed by atoms with E-state index in [0.29, 0.717) is 12.5 Å². The van der Waals surface area contributed by atoms with Crippen molar-refractivity contribution in [2.75, 3.05) is 25.1 Å². The van der Waals surface area contributed by atoms with Gasteiger partial charge in [0.25, 0.3) is 0 Å². The first-order valence-electron chi connectivity index (χ1n) is 5.82. The number of piperidine rings is 1. The Labute approximate surface area is 109 Å². The number of hydrogen-bond donors (Lipinski definition) is 2. The lowest BCUT2D eigenvalue weighted by Crippen LogP contribution is -2.42. The number of halogens is 1. The van der Waals surface area contributed by atoms with Crippen LogP contribution >= 0.6 is 24.2 Å². The van der Waals surface area contributed by atoms with Crippen molar-refractivity contribution in [3.05, 3.63) is 0 Å². The molecule has 0 saturated carbocycles. The Hall–Kier alpha value is 0.0700. The molecule has 0 atom stereocenters. The molecular formula is C11H23ClN2OS. The molecule has 0 unspecified atom stereocenters. The van der Waals surface area contributed by atoms with E-state index in [1.807, 2.05) is 11.8 Å². The zero-order chi connectivity index (χ0) is 10.9.